The quantitative estimate of drug-likeness (QED) is 0.892. The molecule has 0 aromatic heterocycles. The molecule has 0 fully saturated rings. The molecule has 124 valence electrons. The highest BCUT2D eigenvalue weighted by Gasteiger charge is 2.18. The fraction of sp³-hybridized carbons (Fsp3) is 0.176. The van der Waals surface area contributed by atoms with Crippen LogP contribution in [0.3, 0.4) is 0 Å². The Labute approximate surface area is 143 Å². The Morgan fingerprint density at radius 2 is 1.79 bits per heavy atom. The average molecular weight is 347 g/mol. The molecule has 1 atom stereocenters. The number of ether oxygens (including phenoxy) is 2. The third-order valence-corrected chi connectivity index (χ3v) is 3.74. The van der Waals surface area contributed by atoms with E-state index in [2.05, 4.69) is 10.6 Å². The van der Waals surface area contributed by atoms with Crippen LogP contribution in [0.4, 0.5) is 5.69 Å². The molecular formula is C17H15ClN2O4. The summed E-state index contributed by atoms with van der Waals surface area (Å²) in [7, 11) is 0. The summed E-state index contributed by atoms with van der Waals surface area (Å²) in [4.78, 5) is 24.3. The molecule has 1 heterocycles. The molecule has 0 bridgehead atoms. The van der Waals surface area contributed by atoms with Gasteiger partial charge in [-0.15, -0.1) is 0 Å². The van der Waals surface area contributed by atoms with E-state index < -0.39 is 6.04 Å². The van der Waals surface area contributed by atoms with Gasteiger partial charge in [-0.1, -0.05) is 11.6 Å². The number of amides is 2. The summed E-state index contributed by atoms with van der Waals surface area (Å²) in [6.45, 7) is 1.77. The van der Waals surface area contributed by atoms with Gasteiger partial charge in [-0.3, -0.25) is 9.59 Å². The minimum atomic E-state index is -0.710. The van der Waals surface area contributed by atoms with Gasteiger partial charge in [0.2, 0.25) is 12.7 Å². The first kappa shape index (κ1) is 16.1. The average Bonchev–Trinajstić information content (AvgIpc) is 3.03. The van der Waals surface area contributed by atoms with E-state index in [9.17, 15) is 9.59 Å². The number of benzene rings is 2. The molecule has 1 aliphatic heterocycles. The lowest BCUT2D eigenvalue weighted by Crippen LogP contribution is -2.41. The van der Waals surface area contributed by atoms with Gasteiger partial charge < -0.3 is 20.1 Å². The molecular weight excluding hydrogens is 332 g/mol. The first-order valence-electron chi connectivity index (χ1n) is 7.30. The smallest absolute Gasteiger partial charge is 0.251 e. The molecule has 1 aliphatic rings. The molecule has 0 saturated carbocycles. The lowest BCUT2D eigenvalue weighted by molar-refractivity contribution is -0.117. The molecule has 3 rings (SSSR count). The van der Waals surface area contributed by atoms with Crippen molar-refractivity contribution in [3.8, 4) is 11.5 Å². The van der Waals surface area contributed by atoms with Crippen molar-refractivity contribution in [2.45, 2.75) is 13.0 Å². The van der Waals surface area contributed by atoms with Crippen LogP contribution in [-0.2, 0) is 4.79 Å². The van der Waals surface area contributed by atoms with Gasteiger partial charge in [0.15, 0.2) is 11.5 Å². The van der Waals surface area contributed by atoms with Gasteiger partial charge in [0.1, 0.15) is 6.04 Å². The van der Waals surface area contributed by atoms with E-state index in [1.165, 1.54) is 0 Å². The maximum atomic E-state index is 12.2. The molecule has 0 spiro atoms. The summed E-state index contributed by atoms with van der Waals surface area (Å²) in [5.74, 6) is 0.527. The predicted molar refractivity (Wildman–Crippen MR) is 89.6 cm³/mol. The van der Waals surface area contributed by atoms with Crippen molar-refractivity contribution in [1.29, 1.82) is 0 Å². The maximum absolute atomic E-state index is 12.2. The highest BCUT2D eigenvalue weighted by atomic mass is 35.5. The summed E-state index contributed by atoms with van der Waals surface area (Å²) < 4.78 is 10.5. The molecule has 0 aliphatic carbocycles. The molecule has 0 radical (unpaired) electrons. The van der Waals surface area contributed by atoms with Crippen LogP contribution in [0.1, 0.15) is 17.3 Å². The number of carbonyl (C=O) groups excluding carboxylic acids is 2. The predicted octanol–water partition coefficient (Wildman–Crippen LogP) is 2.83. The van der Waals surface area contributed by atoms with Crippen molar-refractivity contribution in [2.24, 2.45) is 0 Å². The fourth-order valence-corrected chi connectivity index (χ4v) is 2.30. The maximum Gasteiger partial charge on any atom is 0.251 e. The fourth-order valence-electron chi connectivity index (χ4n) is 2.17. The van der Waals surface area contributed by atoms with Crippen LogP contribution in [0, 0.1) is 0 Å². The van der Waals surface area contributed by atoms with Crippen LogP contribution >= 0.6 is 11.6 Å². The van der Waals surface area contributed by atoms with Crippen molar-refractivity contribution in [3.63, 3.8) is 0 Å². The SMILES string of the molecule is CC(NC(=O)c1ccc(Cl)cc1)C(=O)Nc1ccc2c(c1)OCO2. The first-order valence-corrected chi connectivity index (χ1v) is 7.67. The van der Waals surface area contributed by atoms with Crippen LogP contribution in [0.15, 0.2) is 42.5 Å². The van der Waals surface area contributed by atoms with E-state index in [-0.39, 0.29) is 18.6 Å². The Hall–Kier alpha value is -2.73. The number of anilines is 1. The van der Waals surface area contributed by atoms with Gasteiger partial charge in [0.25, 0.3) is 5.91 Å². The third-order valence-electron chi connectivity index (χ3n) is 3.49. The zero-order valence-corrected chi connectivity index (χ0v) is 13.6. The highest BCUT2D eigenvalue weighted by Crippen LogP contribution is 2.34. The van der Waals surface area contributed by atoms with Crippen LogP contribution in [0.25, 0.3) is 0 Å². The zero-order chi connectivity index (χ0) is 17.1. The molecule has 2 aromatic rings. The lowest BCUT2D eigenvalue weighted by Gasteiger charge is -2.14. The monoisotopic (exact) mass is 346 g/mol. The minimum Gasteiger partial charge on any atom is -0.454 e. The van der Waals surface area contributed by atoms with Crippen LogP contribution in [0.2, 0.25) is 5.02 Å². The molecule has 1 unspecified atom stereocenters. The second-order valence-corrected chi connectivity index (χ2v) is 5.70. The molecule has 7 heteroatoms. The molecule has 2 amide bonds. The number of fused-ring (bicyclic) bond motifs is 1. The minimum absolute atomic E-state index is 0.167. The summed E-state index contributed by atoms with van der Waals surface area (Å²) in [6.07, 6.45) is 0. The molecule has 2 N–H and O–H groups in total. The van der Waals surface area contributed by atoms with Crippen LogP contribution in [0.5, 0.6) is 11.5 Å². The second kappa shape index (κ2) is 6.80. The van der Waals surface area contributed by atoms with Crippen molar-refractivity contribution in [3.05, 3.63) is 53.1 Å². The van der Waals surface area contributed by atoms with E-state index in [4.69, 9.17) is 21.1 Å². The second-order valence-electron chi connectivity index (χ2n) is 5.26. The first-order chi connectivity index (χ1) is 11.5. The zero-order valence-electron chi connectivity index (χ0n) is 12.8. The molecule has 6 nitrogen and oxygen atoms in total. The highest BCUT2D eigenvalue weighted by molar-refractivity contribution is 6.30. The van der Waals surface area contributed by atoms with Gasteiger partial charge in [0.05, 0.1) is 0 Å². The summed E-state index contributed by atoms with van der Waals surface area (Å²) >= 11 is 5.79. The topological polar surface area (TPSA) is 76.7 Å². The molecule has 24 heavy (non-hydrogen) atoms. The lowest BCUT2D eigenvalue weighted by atomic mass is 10.2. The van der Waals surface area contributed by atoms with Gasteiger partial charge in [-0.2, -0.15) is 0 Å². The van der Waals surface area contributed by atoms with Crippen molar-refractivity contribution < 1.29 is 19.1 Å². The number of nitrogens with one attached hydrogen (secondary N) is 2. The van der Waals surface area contributed by atoms with Crippen LogP contribution < -0.4 is 20.1 Å². The summed E-state index contributed by atoms with van der Waals surface area (Å²) in [5.41, 5.74) is 0.999. The Bertz CT molecular complexity index is 777. The van der Waals surface area contributed by atoms with E-state index in [1.54, 1.807) is 49.4 Å². The third kappa shape index (κ3) is 3.60. The Morgan fingerprint density at radius 3 is 2.54 bits per heavy atom. The van der Waals surface area contributed by atoms with E-state index >= 15 is 0 Å². The largest absolute Gasteiger partial charge is 0.454 e. The standard InChI is InChI=1S/C17H15ClN2O4/c1-10(19-17(22)11-2-4-12(18)5-3-11)16(21)20-13-6-7-14-15(8-13)24-9-23-14/h2-8,10H,9H2,1H3,(H,19,22)(H,20,21). The number of hydrogen-bond donors (Lipinski definition) is 2. The van der Waals surface area contributed by atoms with Gasteiger partial charge in [0, 0.05) is 22.3 Å². The number of rotatable bonds is 4. The number of carbonyl (C=O) groups is 2. The van der Waals surface area contributed by atoms with E-state index in [0.29, 0.717) is 27.8 Å². The number of hydrogen-bond acceptors (Lipinski definition) is 4. The Kier molecular flexibility index (Phi) is 4.57. The summed E-state index contributed by atoms with van der Waals surface area (Å²) in [5, 5.41) is 5.91. The summed E-state index contributed by atoms with van der Waals surface area (Å²) in [6, 6.07) is 10.8. The van der Waals surface area contributed by atoms with Crippen LogP contribution in [-0.4, -0.2) is 24.6 Å². The molecule has 0 saturated heterocycles. The van der Waals surface area contributed by atoms with E-state index in [0.717, 1.165) is 0 Å². The Morgan fingerprint density at radius 1 is 1.08 bits per heavy atom. The van der Waals surface area contributed by atoms with Crippen molar-refractivity contribution in [1.82, 2.24) is 5.32 Å². The van der Waals surface area contributed by atoms with Crippen molar-refractivity contribution >= 4 is 29.1 Å². The number of halogens is 1. The van der Waals surface area contributed by atoms with Gasteiger partial charge >= 0.3 is 0 Å². The van der Waals surface area contributed by atoms with E-state index in [1.807, 2.05) is 0 Å². The van der Waals surface area contributed by atoms with Crippen molar-refractivity contribution in [2.75, 3.05) is 12.1 Å². The van der Waals surface area contributed by atoms with Gasteiger partial charge in [-0.25, -0.2) is 0 Å². The Balaban J connectivity index is 1.60. The normalized spacial score (nSPS) is 13.2. The molecule has 2 aromatic carbocycles. The van der Waals surface area contributed by atoms with Gasteiger partial charge in [-0.05, 0) is 43.3 Å².